The van der Waals surface area contributed by atoms with E-state index in [0.29, 0.717) is 0 Å². The number of rotatable bonds is 4. The maximum Gasteiger partial charge on any atom is 0.412 e. The lowest BCUT2D eigenvalue weighted by molar-refractivity contribution is -0.168. The number of carbonyl (C=O) groups is 2. The molecule has 24 heavy (non-hydrogen) atoms. The van der Waals surface area contributed by atoms with Gasteiger partial charge in [-0.2, -0.15) is 18.3 Å². The highest BCUT2D eigenvalue weighted by molar-refractivity contribution is 5.77. The Morgan fingerprint density at radius 2 is 2.00 bits per heavy atom. The molecule has 7 nitrogen and oxygen atoms in total. The number of carboxylic acids is 1. The Balaban J connectivity index is 1.92. The number of aromatic nitrogens is 2. The molecule has 2 N–H and O–H groups in total. The summed E-state index contributed by atoms with van der Waals surface area (Å²) in [6.07, 6.45) is -1.61. The van der Waals surface area contributed by atoms with Gasteiger partial charge in [-0.1, -0.05) is 0 Å². The molecule has 1 aromatic heterocycles. The molecule has 1 fully saturated rings. The molecule has 1 aromatic rings. The fraction of sp³-hybridized carbons (Fsp3) is 0.643. The minimum Gasteiger partial charge on any atom is -0.481 e. The van der Waals surface area contributed by atoms with Crippen molar-refractivity contribution in [3.8, 4) is 0 Å². The molecule has 0 aromatic carbocycles. The summed E-state index contributed by atoms with van der Waals surface area (Å²) >= 11 is 0. The molecule has 1 atom stereocenters. The molecule has 0 bridgehead atoms. The first-order valence-electron chi connectivity index (χ1n) is 7.45. The Labute approximate surface area is 136 Å². The second kappa shape index (κ2) is 6.70. The van der Waals surface area contributed by atoms with Crippen molar-refractivity contribution in [2.45, 2.75) is 32.0 Å². The summed E-state index contributed by atoms with van der Waals surface area (Å²) in [5.74, 6) is -0.932. The molecule has 1 unspecified atom stereocenters. The molecule has 1 saturated heterocycles. The SMILES string of the molecule is CC1(C(=O)O)CCN(C(=O)NCC(n2cccn2)C(F)(F)F)CC1. The highest BCUT2D eigenvalue weighted by atomic mass is 19.4. The number of alkyl halides is 3. The summed E-state index contributed by atoms with van der Waals surface area (Å²) in [7, 11) is 0. The number of likely N-dealkylation sites (tertiary alicyclic amines) is 1. The molecule has 134 valence electrons. The van der Waals surface area contributed by atoms with E-state index >= 15 is 0 Å². The Morgan fingerprint density at radius 1 is 1.38 bits per heavy atom. The highest BCUT2D eigenvalue weighted by Gasteiger charge is 2.42. The first-order chi connectivity index (χ1) is 11.1. The number of hydrogen-bond acceptors (Lipinski definition) is 3. The van der Waals surface area contributed by atoms with Crippen LogP contribution in [0.25, 0.3) is 0 Å². The van der Waals surface area contributed by atoms with Gasteiger partial charge in [0.25, 0.3) is 0 Å². The van der Waals surface area contributed by atoms with Gasteiger partial charge in [-0.05, 0) is 25.8 Å². The van der Waals surface area contributed by atoms with Crippen molar-refractivity contribution in [3.63, 3.8) is 0 Å². The average molecular weight is 348 g/mol. The van der Waals surface area contributed by atoms with E-state index in [-0.39, 0.29) is 25.9 Å². The van der Waals surface area contributed by atoms with Crippen LogP contribution in [0.2, 0.25) is 0 Å². The predicted molar refractivity (Wildman–Crippen MR) is 77.3 cm³/mol. The normalized spacial score (nSPS) is 18.9. The zero-order chi connectivity index (χ0) is 18.0. The van der Waals surface area contributed by atoms with Gasteiger partial charge in [-0.15, -0.1) is 0 Å². The van der Waals surface area contributed by atoms with Gasteiger partial charge in [0.15, 0.2) is 6.04 Å². The molecule has 2 rings (SSSR count). The van der Waals surface area contributed by atoms with Crippen LogP contribution in [0.15, 0.2) is 18.5 Å². The molecule has 0 spiro atoms. The summed E-state index contributed by atoms with van der Waals surface area (Å²) < 4.78 is 40.0. The van der Waals surface area contributed by atoms with Crippen molar-refractivity contribution >= 4 is 12.0 Å². The van der Waals surface area contributed by atoms with E-state index in [0.717, 1.165) is 4.68 Å². The minimum absolute atomic E-state index is 0.188. The fourth-order valence-corrected chi connectivity index (χ4v) is 2.54. The van der Waals surface area contributed by atoms with Crippen LogP contribution in [0.5, 0.6) is 0 Å². The van der Waals surface area contributed by atoms with Crippen LogP contribution in [0.4, 0.5) is 18.0 Å². The monoisotopic (exact) mass is 348 g/mol. The summed E-state index contributed by atoms with van der Waals surface area (Å²) in [4.78, 5) is 24.5. The zero-order valence-electron chi connectivity index (χ0n) is 13.1. The second-order valence-electron chi connectivity index (χ2n) is 6.08. The molecule has 10 heteroatoms. The summed E-state index contributed by atoms with van der Waals surface area (Å²) in [5, 5.41) is 15.0. The van der Waals surface area contributed by atoms with Gasteiger partial charge in [0, 0.05) is 25.5 Å². The van der Waals surface area contributed by atoms with Crippen LogP contribution in [0.3, 0.4) is 0 Å². The van der Waals surface area contributed by atoms with E-state index in [4.69, 9.17) is 5.11 Å². The molecule has 2 heterocycles. The quantitative estimate of drug-likeness (QED) is 0.870. The molecule has 0 radical (unpaired) electrons. The van der Waals surface area contributed by atoms with Gasteiger partial charge >= 0.3 is 18.2 Å². The topological polar surface area (TPSA) is 87.5 Å². The van der Waals surface area contributed by atoms with Gasteiger partial charge in [0.2, 0.25) is 0 Å². The standard InChI is InChI=1S/C14H19F3N4O3/c1-13(11(22)23)3-7-20(8-4-13)12(24)18-9-10(14(15,16)17)21-6-2-5-19-21/h2,5-6,10H,3-4,7-9H2,1H3,(H,18,24)(H,22,23). The van der Waals surface area contributed by atoms with Crippen LogP contribution in [-0.2, 0) is 4.79 Å². The van der Waals surface area contributed by atoms with Gasteiger partial charge in [-0.3, -0.25) is 9.48 Å². The summed E-state index contributed by atoms with van der Waals surface area (Å²) in [5.41, 5.74) is -0.902. The third-order valence-corrected chi connectivity index (χ3v) is 4.34. The largest absolute Gasteiger partial charge is 0.481 e. The lowest BCUT2D eigenvalue weighted by atomic mass is 9.80. The average Bonchev–Trinajstić information content (AvgIpc) is 3.00. The number of carboxylic acid groups (broad SMARTS) is 1. The van der Waals surface area contributed by atoms with E-state index in [1.165, 1.54) is 23.4 Å². The van der Waals surface area contributed by atoms with Crippen molar-refractivity contribution in [1.29, 1.82) is 0 Å². The number of aliphatic carboxylic acids is 1. The summed E-state index contributed by atoms with van der Waals surface area (Å²) in [6.45, 7) is 1.33. The minimum atomic E-state index is -4.55. The maximum absolute atomic E-state index is 13.1. The number of urea groups is 1. The van der Waals surface area contributed by atoms with E-state index in [1.807, 2.05) is 0 Å². The second-order valence-corrected chi connectivity index (χ2v) is 6.08. The van der Waals surface area contributed by atoms with Crippen LogP contribution >= 0.6 is 0 Å². The van der Waals surface area contributed by atoms with Crippen molar-refractivity contribution < 1.29 is 27.9 Å². The summed E-state index contributed by atoms with van der Waals surface area (Å²) in [6, 6.07) is -1.22. The van der Waals surface area contributed by atoms with Crippen molar-refractivity contribution in [1.82, 2.24) is 20.0 Å². The van der Waals surface area contributed by atoms with Gasteiger partial charge < -0.3 is 15.3 Å². The molecular weight excluding hydrogens is 329 g/mol. The maximum atomic E-state index is 13.1. The predicted octanol–water partition coefficient (Wildman–Crippen LogP) is 1.88. The van der Waals surface area contributed by atoms with Gasteiger partial charge in [0.05, 0.1) is 12.0 Å². The Hall–Kier alpha value is -2.26. The van der Waals surface area contributed by atoms with Crippen molar-refractivity contribution in [3.05, 3.63) is 18.5 Å². The van der Waals surface area contributed by atoms with Gasteiger partial charge in [-0.25, -0.2) is 4.79 Å². The Bertz CT molecular complexity index is 581. The number of nitrogens with zero attached hydrogens (tertiary/aromatic N) is 3. The number of amides is 2. The van der Waals surface area contributed by atoms with Gasteiger partial charge in [0.1, 0.15) is 0 Å². The molecule has 0 saturated carbocycles. The first-order valence-corrected chi connectivity index (χ1v) is 7.45. The number of nitrogens with one attached hydrogen (secondary N) is 1. The third-order valence-electron chi connectivity index (χ3n) is 4.34. The molecular formula is C14H19F3N4O3. The lowest BCUT2D eigenvalue weighted by Crippen LogP contribution is -2.50. The first kappa shape index (κ1) is 18.1. The Kier molecular flexibility index (Phi) is 5.05. The molecule has 1 aliphatic rings. The molecule has 2 amide bonds. The Morgan fingerprint density at radius 3 is 2.46 bits per heavy atom. The van der Waals surface area contributed by atoms with Crippen LogP contribution < -0.4 is 5.32 Å². The highest BCUT2D eigenvalue weighted by Crippen LogP contribution is 2.31. The number of hydrogen-bond donors (Lipinski definition) is 2. The number of piperidine rings is 1. The van der Waals surface area contributed by atoms with Crippen molar-refractivity contribution in [2.75, 3.05) is 19.6 Å². The molecule has 1 aliphatic heterocycles. The van der Waals surface area contributed by atoms with Crippen molar-refractivity contribution in [2.24, 2.45) is 5.41 Å². The number of halogens is 3. The van der Waals surface area contributed by atoms with E-state index in [9.17, 15) is 22.8 Å². The zero-order valence-corrected chi connectivity index (χ0v) is 13.1. The van der Waals surface area contributed by atoms with Crippen LogP contribution in [0.1, 0.15) is 25.8 Å². The van der Waals surface area contributed by atoms with E-state index in [2.05, 4.69) is 10.4 Å². The van der Waals surface area contributed by atoms with E-state index in [1.54, 1.807) is 6.92 Å². The lowest BCUT2D eigenvalue weighted by Gasteiger charge is -2.36. The fourth-order valence-electron chi connectivity index (χ4n) is 2.54. The third kappa shape index (κ3) is 3.98. The van der Waals surface area contributed by atoms with Crippen LogP contribution in [-0.4, -0.2) is 57.6 Å². The smallest absolute Gasteiger partial charge is 0.412 e. The molecule has 0 aliphatic carbocycles. The van der Waals surface area contributed by atoms with Crippen LogP contribution in [0, 0.1) is 5.41 Å². The number of carbonyl (C=O) groups excluding carboxylic acids is 1. The van der Waals surface area contributed by atoms with E-state index < -0.39 is 36.2 Å².